The average molecular weight is 431 g/mol. The van der Waals surface area contributed by atoms with Crippen LogP contribution in [-0.4, -0.2) is 31.3 Å². The number of halogens is 1. The molecule has 32 heavy (non-hydrogen) atoms. The van der Waals surface area contributed by atoms with Gasteiger partial charge in [-0.05, 0) is 54.6 Å². The van der Waals surface area contributed by atoms with Gasteiger partial charge in [-0.25, -0.2) is 4.39 Å². The van der Waals surface area contributed by atoms with Crippen molar-refractivity contribution in [2.45, 2.75) is 0 Å². The molecular formula is C25H18FNO5. The fraction of sp³-hybridized carbons (Fsp3) is 0.120. The largest absolute Gasteiger partial charge is 0.486 e. The first-order valence-corrected chi connectivity index (χ1v) is 10.1. The van der Waals surface area contributed by atoms with Crippen LogP contribution in [0, 0.1) is 5.82 Å². The molecule has 0 bridgehead atoms. The Hall–Kier alpha value is -4.13. The first-order valence-electron chi connectivity index (χ1n) is 10.1. The zero-order valence-corrected chi connectivity index (χ0v) is 16.9. The number of rotatable bonds is 6. The van der Waals surface area contributed by atoms with Crippen LogP contribution in [0.4, 0.5) is 10.1 Å². The minimum atomic E-state index is -0.436. The summed E-state index contributed by atoms with van der Waals surface area (Å²) in [5.41, 5.74) is 1.67. The Morgan fingerprint density at radius 3 is 2.41 bits per heavy atom. The highest BCUT2D eigenvalue weighted by molar-refractivity contribution is 6.15. The number of furan rings is 1. The van der Waals surface area contributed by atoms with Crippen LogP contribution in [-0.2, 0) is 0 Å². The normalized spacial score (nSPS) is 12.5. The molecule has 0 fully saturated rings. The molecule has 6 nitrogen and oxygen atoms in total. The second kappa shape index (κ2) is 8.19. The van der Waals surface area contributed by atoms with Crippen molar-refractivity contribution in [1.29, 1.82) is 0 Å². The Kier molecular flexibility index (Phi) is 5.07. The van der Waals surface area contributed by atoms with E-state index in [1.54, 1.807) is 36.4 Å². The van der Waals surface area contributed by atoms with Crippen LogP contribution in [0.1, 0.15) is 26.5 Å². The summed E-state index contributed by atoms with van der Waals surface area (Å²) in [5, 5.41) is 3.74. The van der Waals surface area contributed by atoms with E-state index in [0.717, 1.165) is 0 Å². The van der Waals surface area contributed by atoms with Gasteiger partial charge < -0.3 is 19.2 Å². The zero-order valence-electron chi connectivity index (χ0n) is 16.9. The van der Waals surface area contributed by atoms with E-state index in [4.69, 9.17) is 13.9 Å². The molecule has 2 heterocycles. The summed E-state index contributed by atoms with van der Waals surface area (Å²) in [6, 6.07) is 17.4. The minimum absolute atomic E-state index is 0.0626. The first-order chi connectivity index (χ1) is 15.6. The van der Waals surface area contributed by atoms with Gasteiger partial charge in [0, 0.05) is 16.5 Å². The maximum absolute atomic E-state index is 13.3. The summed E-state index contributed by atoms with van der Waals surface area (Å²) in [7, 11) is 0. The molecule has 4 aromatic rings. The second-order valence-electron chi connectivity index (χ2n) is 7.27. The molecule has 0 atom stereocenters. The summed E-state index contributed by atoms with van der Waals surface area (Å²) >= 11 is 0. The molecule has 1 aliphatic heterocycles. The van der Waals surface area contributed by atoms with Gasteiger partial charge in [0.15, 0.2) is 23.0 Å². The smallest absolute Gasteiger partial charge is 0.230 e. The Morgan fingerprint density at radius 1 is 0.875 bits per heavy atom. The maximum atomic E-state index is 13.3. The van der Waals surface area contributed by atoms with Crippen molar-refractivity contribution in [1.82, 2.24) is 0 Å². The molecule has 1 aliphatic rings. The molecule has 1 N–H and O–H groups in total. The van der Waals surface area contributed by atoms with Gasteiger partial charge in [0.05, 0.1) is 12.2 Å². The molecule has 0 aliphatic carbocycles. The molecular weight excluding hydrogens is 413 g/mol. The van der Waals surface area contributed by atoms with Crippen molar-refractivity contribution < 1.29 is 27.9 Å². The van der Waals surface area contributed by atoms with Crippen molar-refractivity contribution >= 4 is 28.2 Å². The average Bonchev–Trinajstić information content (AvgIpc) is 3.21. The Balaban J connectivity index is 1.43. The number of carbonyl (C=O) groups excluding carboxylic acids is 2. The van der Waals surface area contributed by atoms with Crippen molar-refractivity contribution in [3.05, 3.63) is 89.4 Å². The van der Waals surface area contributed by atoms with Crippen LogP contribution in [0.2, 0.25) is 0 Å². The molecule has 5 rings (SSSR count). The summed E-state index contributed by atoms with van der Waals surface area (Å²) in [5.74, 6) is 0.169. The van der Waals surface area contributed by atoms with Gasteiger partial charge in [0.25, 0.3) is 0 Å². The Bertz CT molecular complexity index is 1330. The van der Waals surface area contributed by atoms with Gasteiger partial charge in [-0.2, -0.15) is 0 Å². The van der Waals surface area contributed by atoms with E-state index >= 15 is 0 Å². The van der Waals surface area contributed by atoms with E-state index in [-0.39, 0.29) is 23.7 Å². The molecule has 3 aromatic carbocycles. The number of ether oxygens (including phenoxy) is 2. The number of ketones is 2. The SMILES string of the molecule is O=C(CNc1c(C(=O)c2ccc(F)cc2)oc2ccccc12)c1ccc2c(c1)OCCO2. The highest BCUT2D eigenvalue weighted by atomic mass is 19.1. The topological polar surface area (TPSA) is 77.8 Å². The Labute approximate surface area is 182 Å². The van der Waals surface area contributed by atoms with E-state index in [1.165, 1.54) is 24.3 Å². The fourth-order valence-corrected chi connectivity index (χ4v) is 3.60. The molecule has 160 valence electrons. The van der Waals surface area contributed by atoms with Gasteiger partial charge in [-0.15, -0.1) is 0 Å². The van der Waals surface area contributed by atoms with E-state index in [1.807, 2.05) is 6.07 Å². The van der Waals surface area contributed by atoms with Crippen molar-refractivity contribution in [2.24, 2.45) is 0 Å². The van der Waals surface area contributed by atoms with Crippen LogP contribution in [0.25, 0.3) is 11.0 Å². The number of anilines is 1. The van der Waals surface area contributed by atoms with Crippen LogP contribution in [0.5, 0.6) is 11.5 Å². The van der Waals surface area contributed by atoms with E-state index in [9.17, 15) is 14.0 Å². The molecule has 0 unspecified atom stereocenters. The van der Waals surface area contributed by atoms with Gasteiger partial charge in [-0.1, -0.05) is 12.1 Å². The predicted molar refractivity (Wildman–Crippen MR) is 116 cm³/mol. The lowest BCUT2D eigenvalue weighted by molar-refractivity contribution is 0.0996. The predicted octanol–water partition coefficient (Wildman–Crippen LogP) is 4.87. The molecule has 0 spiro atoms. The second-order valence-corrected chi connectivity index (χ2v) is 7.27. The van der Waals surface area contributed by atoms with Gasteiger partial charge in [0.2, 0.25) is 5.78 Å². The molecule has 7 heteroatoms. The maximum Gasteiger partial charge on any atom is 0.230 e. The van der Waals surface area contributed by atoms with Crippen LogP contribution in [0.3, 0.4) is 0 Å². The number of benzene rings is 3. The molecule has 0 radical (unpaired) electrons. The first kappa shape index (κ1) is 19.8. The third kappa shape index (κ3) is 3.69. The highest BCUT2D eigenvalue weighted by Crippen LogP contribution is 2.33. The van der Waals surface area contributed by atoms with E-state index in [2.05, 4.69) is 5.32 Å². The summed E-state index contributed by atoms with van der Waals surface area (Å²) in [6.45, 7) is 0.839. The number of para-hydroxylation sites is 1. The number of fused-ring (bicyclic) bond motifs is 2. The number of carbonyl (C=O) groups is 2. The van der Waals surface area contributed by atoms with E-state index in [0.29, 0.717) is 46.9 Å². The van der Waals surface area contributed by atoms with E-state index < -0.39 is 11.6 Å². The highest BCUT2D eigenvalue weighted by Gasteiger charge is 2.23. The fourth-order valence-electron chi connectivity index (χ4n) is 3.60. The minimum Gasteiger partial charge on any atom is -0.486 e. The Morgan fingerprint density at radius 2 is 1.59 bits per heavy atom. The van der Waals surface area contributed by atoms with Crippen LogP contribution in [0.15, 0.2) is 71.1 Å². The summed E-state index contributed by atoms with van der Waals surface area (Å²) in [6.07, 6.45) is 0. The van der Waals surface area contributed by atoms with Crippen molar-refractivity contribution in [2.75, 3.05) is 25.1 Å². The van der Waals surface area contributed by atoms with Crippen LogP contribution < -0.4 is 14.8 Å². The summed E-state index contributed by atoms with van der Waals surface area (Å²) in [4.78, 5) is 25.9. The zero-order chi connectivity index (χ0) is 22.1. The number of hydrogen-bond donors (Lipinski definition) is 1. The van der Waals surface area contributed by atoms with Gasteiger partial charge >= 0.3 is 0 Å². The molecule has 0 saturated heterocycles. The molecule has 0 amide bonds. The van der Waals surface area contributed by atoms with Crippen molar-refractivity contribution in [3.8, 4) is 11.5 Å². The molecule has 1 aromatic heterocycles. The quantitative estimate of drug-likeness (QED) is 0.439. The van der Waals surface area contributed by atoms with Gasteiger partial charge in [0.1, 0.15) is 24.6 Å². The number of hydrogen-bond acceptors (Lipinski definition) is 6. The third-order valence-corrected chi connectivity index (χ3v) is 5.20. The van der Waals surface area contributed by atoms with Gasteiger partial charge in [-0.3, -0.25) is 9.59 Å². The van der Waals surface area contributed by atoms with Crippen molar-refractivity contribution in [3.63, 3.8) is 0 Å². The summed E-state index contributed by atoms with van der Waals surface area (Å²) < 4.78 is 30.1. The lowest BCUT2D eigenvalue weighted by Crippen LogP contribution is -2.18. The molecule has 0 saturated carbocycles. The van der Waals surface area contributed by atoms with Crippen LogP contribution >= 0.6 is 0 Å². The number of nitrogens with one attached hydrogen (secondary N) is 1. The lowest BCUT2D eigenvalue weighted by atomic mass is 10.1. The standard InChI is InChI=1S/C25H18FNO5/c26-17-8-5-15(6-9-17)24(29)25-23(18-3-1-2-4-20(18)32-25)27-14-19(28)16-7-10-21-22(13-16)31-12-11-30-21/h1-10,13,27H,11-12,14H2. The monoisotopic (exact) mass is 431 g/mol. The number of Topliss-reactive ketones (excluding diaryl/α,β-unsaturated/α-hetero) is 1. The third-order valence-electron chi connectivity index (χ3n) is 5.20. The lowest BCUT2D eigenvalue weighted by Gasteiger charge is -2.18.